The summed E-state index contributed by atoms with van der Waals surface area (Å²) in [7, 11) is 2.18. The van der Waals surface area contributed by atoms with Crippen molar-refractivity contribution in [3.05, 3.63) is 70.0 Å². The van der Waals surface area contributed by atoms with Crippen molar-refractivity contribution < 1.29 is 23.1 Å². The second kappa shape index (κ2) is 10.2. The number of carboxylic acids is 1. The first-order valence-electron chi connectivity index (χ1n) is 10.5. The highest BCUT2D eigenvalue weighted by Gasteiger charge is 2.38. The number of halogens is 3. The molecule has 1 aliphatic rings. The topological polar surface area (TPSA) is 76.6 Å². The number of piperazine rings is 1. The Labute approximate surface area is 189 Å². The van der Waals surface area contributed by atoms with Crippen LogP contribution in [0.1, 0.15) is 11.1 Å². The number of nitrogens with zero attached hydrogens (tertiary/aromatic N) is 2. The Morgan fingerprint density at radius 1 is 1.06 bits per heavy atom. The smallest absolute Gasteiger partial charge is 0.475 e. The number of hydrogen-bond acceptors (Lipinski definition) is 4. The molecule has 3 aromatic rings. The van der Waals surface area contributed by atoms with Crippen LogP contribution in [0.5, 0.6) is 0 Å². The van der Waals surface area contributed by atoms with Gasteiger partial charge in [-0.05, 0) is 54.4 Å². The number of H-pyrrole nitrogens is 1. The highest BCUT2D eigenvalue weighted by Crippen LogP contribution is 2.26. The minimum atomic E-state index is -5.08. The lowest BCUT2D eigenvalue weighted by Gasteiger charge is -2.32. The number of aliphatic carboxylic acids is 1. The van der Waals surface area contributed by atoms with Crippen LogP contribution in [0.25, 0.3) is 22.0 Å². The van der Waals surface area contributed by atoms with Gasteiger partial charge in [-0.25, -0.2) is 4.79 Å². The summed E-state index contributed by atoms with van der Waals surface area (Å²) in [5, 5.41) is 7.88. The number of carbonyl (C=O) groups is 1. The van der Waals surface area contributed by atoms with E-state index < -0.39 is 12.1 Å². The van der Waals surface area contributed by atoms with E-state index in [2.05, 4.69) is 59.1 Å². The molecule has 2 heterocycles. The Kier molecular flexibility index (Phi) is 7.55. The largest absolute Gasteiger partial charge is 0.490 e. The molecule has 4 rings (SSSR count). The van der Waals surface area contributed by atoms with Crippen LogP contribution in [-0.2, 0) is 11.3 Å². The molecule has 1 aromatic heterocycles. The molecule has 1 aliphatic heterocycles. The number of likely N-dealkylation sites (N-methyl/N-ethyl adjacent to an activating group) is 1. The Balaban J connectivity index is 0.000000383. The Morgan fingerprint density at radius 2 is 1.73 bits per heavy atom. The molecule has 33 heavy (non-hydrogen) atoms. The molecule has 6 nitrogen and oxygen atoms in total. The van der Waals surface area contributed by atoms with Gasteiger partial charge in [0.15, 0.2) is 5.43 Å². The normalized spacial score (nSPS) is 15.2. The summed E-state index contributed by atoms with van der Waals surface area (Å²) in [5.74, 6) is -2.76. The van der Waals surface area contributed by atoms with E-state index in [-0.39, 0.29) is 5.43 Å². The predicted molar refractivity (Wildman–Crippen MR) is 121 cm³/mol. The molecule has 0 bridgehead atoms. The molecule has 1 saturated heterocycles. The molecular formula is C24H26F3N3O3. The fourth-order valence-corrected chi connectivity index (χ4v) is 3.74. The van der Waals surface area contributed by atoms with E-state index in [0.29, 0.717) is 0 Å². The van der Waals surface area contributed by atoms with Crippen molar-refractivity contribution >= 4 is 16.9 Å². The lowest BCUT2D eigenvalue weighted by Crippen LogP contribution is -2.43. The van der Waals surface area contributed by atoms with Gasteiger partial charge in [-0.15, -0.1) is 0 Å². The number of rotatable bonds is 3. The second-order valence-electron chi connectivity index (χ2n) is 8.14. The van der Waals surface area contributed by atoms with Gasteiger partial charge < -0.3 is 15.0 Å². The van der Waals surface area contributed by atoms with Crippen molar-refractivity contribution in [2.24, 2.45) is 0 Å². The predicted octanol–water partition coefficient (Wildman–Crippen LogP) is 3.88. The maximum Gasteiger partial charge on any atom is 0.490 e. The Hall–Kier alpha value is -3.17. The fourth-order valence-electron chi connectivity index (χ4n) is 3.74. The van der Waals surface area contributed by atoms with Gasteiger partial charge in [0.05, 0.1) is 5.52 Å². The van der Waals surface area contributed by atoms with Crippen molar-refractivity contribution in [2.75, 3.05) is 33.2 Å². The zero-order valence-corrected chi connectivity index (χ0v) is 18.4. The highest BCUT2D eigenvalue weighted by atomic mass is 19.4. The number of pyridine rings is 1. The van der Waals surface area contributed by atoms with Gasteiger partial charge in [0.2, 0.25) is 0 Å². The van der Waals surface area contributed by atoms with Crippen molar-refractivity contribution in [2.45, 2.75) is 19.6 Å². The number of carboxylic acid groups (broad SMARTS) is 1. The number of nitrogens with one attached hydrogen (secondary N) is 1. The number of aryl methyl sites for hydroxylation is 1. The van der Waals surface area contributed by atoms with Crippen molar-refractivity contribution in [3.8, 4) is 11.1 Å². The van der Waals surface area contributed by atoms with Gasteiger partial charge in [-0.3, -0.25) is 9.69 Å². The monoisotopic (exact) mass is 461 g/mol. The number of aromatic amines is 1. The third-order valence-corrected chi connectivity index (χ3v) is 5.57. The zero-order chi connectivity index (χ0) is 24.2. The molecule has 0 spiro atoms. The molecule has 2 aromatic carbocycles. The van der Waals surface area contributed by atoms with Crippen molar-refractivity contribution in [1.29, 1.82) is 0 Å². The lowest BCUT2D eigenvalue weighted by atomic mass is 9.98. The highest BCUT2D eigenvalue weighted by molar-refractivity contribution is 5.87. The molecule has 176 valence electrons. The molecule has 9 heteroatoms. The van der Waals surface area contributed by atoms with Crippen LogP contribution in [0.2, 0.25) is 0 Å². The maximum atomic E-state index is 12.2. The van der Waals surface area contributed by atoms with E-state index in [9.17, 15) is 18.0 Å². The van der Waals surface area contributed by atoms with E-state index >= 15 is 0 Å². The van der Waals surface area contributed by atoms with Gasteiger partial charge in [0.1, 0.15) is 0 Å². The van der Waals surface area contributed by atoms with Gasteiger partial charge in [0, 0.05) is 50.4 Å². The van der Waals surface area contributed by atoms with E-state index in [1.165, 1.54) is 11.1 Å². The van der Waals surface area contributed by atoms with Crippen LogP contribution in [-0.4, -0.2) is 65.3 Å². The molecule has 0 saturated carbocycles. The zero-order valence-electron chi connectivity index (χ0n) is 18.4. The Bertz CT molecular complexity index is 1180. The molecule has 1 fully saturated rings. The van der Waals surface area contributed by atoms with Crippen LogP contribution >= 0.6 is 0 Å². The summed E-state index contributed by atoms with van der Waals surface area (Å²) in [6.07, 6.45) is -3.37. The van der Waals surface area contributed by atoms with E-state index in [4.69, 9.17) is 9.90 Å². The third kappa shape index (κ3) is 6.43. The van der Waals surface area contributed by atoms with Gasteiger partial charge >= 0.3 is 12.1 Å². The average Bonchev–Trinajstić information content (AvgIpc) is 2.76. The molecule has 0 amide bonds. The van der Waals surface area contributed by atoms with Crippen LogP contribution in [0, 0.1) is 6.92 Å². The molecule has 2 N–H and O–H groups in total. The molecule has 0 atom stereocenters. The maximum absolute atomic E-state index is 12.2. The fraction of sp³-hybridized carbons (Fsp3) is 0.333. The quantitative estimate of drug-likeness (QED) is 0.619. The van der Waals surface area contributed by atoms with E-state index in [0.717, 1.165) is 54.8 Å². The number of benzene rings is 2. The van der Waals surface area contributed by atoms with Crippen LogP contribution < -0.4 is 5.43 Å². The van der Waals surface area contributed by atoms with Gasteiger partial charge in [0.25, 0.3) is 0 Å². The van der Waals surface area contributed by atoms with E-state index in [1.54, 1.807) is 12.3 Å². The summed E-state index contributed by atoms with van der Waals surface area (Å²) in [6, 6.07) is 14.5. The third-order valence-electron chi connectivity index (χ3n) is 5.57. The van der Waals surface area contributed by atoms with Crippen LogP contribution in [0.15, 0.2) is 53.5 Å². The first-order valence-corrected chi connectivity index (χ1v) is 10.5. The first-order chi connectivity index (χ1) is 15.5. The lowest BCUT2D eigenvalue weighted by molar-refractivity contribution is -0.192. The molecule has 0 radical (unpaired) electrons. The van der Waals surface area contributed by atoms with Crippen LogP contribution in [0.4, 0.5) is 13.2 Å². The standard InChI is InChI=1S/C22H25N3O.C2HF3O2/c1-16-12-19(14-20-21(26)6-7-23-22(16)20)18-5-3-4-17(13-18)15-25-10-8-24(2)9-11-25;3-2(4,5)1(6)7/h3-7,12-14H,8-11,15H2,1-2H3,(H,23,26);(H,6,7). The van der Waals surface area contributed by atoms with Crippen molar-refractivity contribution in [1.82, 2.24) is 14.8 Å². The molecular weight excluding hydrogens is 435 g/mol. The summed E-state index contributed by atoms with van der Waals surface area (Å²) in [5.41, 5.74) is 5.69. The van der Waals surface area contributed by atoms with Crippen molar-refractivity contribution in [3.63, 3.8) is 0 Å². The number of hydrogen-bond donors (Lipinski definition) is 2. The van der Waals surface area contributed by atoms with Crippen LogP contribution in [0.3, 0.4) is 0 Å². The minimum absolute atomic E-state index is 0.0669. The summed E-state index contributed by atoms with van der Waals surface area (Å²) >= 11 is 0. The molecule has 0 aliphatic carbocycles. The van der Waals surface area contributed by atoms with E-state index in [1.807, 2.05) is 6.07 Å². The number of fused-ring (bicyclic) bond motifs is 1. The summed E-state index contributed by atoms with van der Waals surface area (Å²) in [6.45, 7) is 7.53. The summed E-state index contributed by atoms with van der Waals surface area (Å²) in [4.78, 5) is 29.2. The van der Waals surface area contributed by atoms with Gasteiger partial charge in [-0.1, -0.05) is 18.2 Å². The Morgan fingerprint density at radius 3 is 2.36 bits per heavy atom. The second-order valence-corrected chi connectivity index (χ2v) is 8.14. The number of alkyl halides is 3. The SMILES string of the molecule is Cc1cc(-c2cccc(CN3CCN(C)CC3)c2)cc2c(=O)cc[nH]c12.O=C(O)C(F)(F)F. The number of aromatic nitrogens is 1. The summed E-state index contributed by atoms with van der Waals surface area (Å²) < 4.78 is 31.7. The minimum Gasteiger partial charge on any atom is -0.475 e. The molecule has 0 unspecified atom stereocenters. The van der Waals surface area contributed by atoms with Gasteiger partial charge in [-0.2, -0.15) is 13.2 Å². The first kappa shape index (κ1) is 24.5. The average molecular weight is 461 g/mol.